The Morgan fingerprint density at radius 1 is 1.41 bits per heavy atom. The maximum Gasteiger partial charge on any atom is 0.308 e. The molecule has 1 unspecified atom stereocenters. The van der Waals surface area contributed by atoms with Crippen molar-refractivity contribution >= 4 is 11.9 Å². The molecule has 0 aromatic rings. The summed E-state index contributed by atoms with van der Waals surface area (Å²) in [6.45, 7) is 0.170. The molecule has 1 aliphatic carbocycles. The average molecular weight is 244 g/mol. The Bertz CT molecular complexity index is 275. The molecule has 0 bridgehead atoms. The zero-order valence-electron chi connectivity index (χ0n) is 10.0. The van der Waals surface area contributed by atoms with Crippen LogP contribution >= 0.6 is 0 Å². The molecule has 17 heavy (non-hydrogen) atoms. The highest BCUT2D eigenvalue weighted by atomic mass is 16.5. The van der Waals surface area contributed by atoms with Crippen LogP contribution < -0.4 is 11.1 Å². The predicted molar refractivity (Wildman–Crippen MR) is 61.0 cm³/mol. The summed E-state index contributed by atoms with van der Waals surface area (Å²) in [4.78, 5) is 21.9. The Morgan fingerprint density at radius 3 is 2.47 bits per heavy atom. The second-order valence-corrected chi connectivity index (χ2v) is 4.40. The van der Waals surface area contributed by atoms with Crippen molar-refractivity contribution in [2.45, 2.75) is 37.8 Å². The highest BCUT2D eigenvalue weighted by Crippen LogP contribution is 2.25. The van der Waals surface area contributed by atoms with E-state index < -0.39 is 12.0 Å². The molecule has 98 valence electrons. The monoisotopic (exact) mass is 244 g/mol. The molecule has 6 nitrogen and oxygen atoms in total. The molecule has 6 heteroatoms. The van der Waals surface area contributed by atoms with E-state index in [-0.39, 0.29) is 24.5 Å². The van der Waals surface area contributed by atoms with Crippen molar-refractivity contribution in [3.05, 3.63) is 0 Å². The van der Waals surface area contributed by atoms with E-state index in [0.717, 1.165) is 25.7 Å². The van der Waals surface area contributed by atoms with E-state index in [9.17, 15) is 14.7 Å². The predicted octanol–water partition coefficient (Wildman–Crippen LogP) is -0.846. The lowest BCUT2D eigenvalue weighted by Crippen LogP contribution is -2.43. The summed E-state index contributed by atoms with van der Waals surface area (Å²) in [6.07, 6.45) is 2.08. The van der Waals surface area contributed by atoms with E-state index in [2.05, 4.69) is 5.32 Å². The molecule has 1 rings (SSSR count). The quantitative estimate of drug-likeness (QED) is 0.547. The van der Waals surface area contributed by atoms with Gasteiger partial charge in [0.25, 0.3) is 0 Å². The average Bonchev–Trinajstić information content (AvgIpc) is 2.35. The third-order valence-corrected chi connectivity index (χ3v) is 3.19. The molecule has 0 saturated heterocycles. The van der Waals surface area contributed by atoms with Gasteiger partial charge in [-0.3, -0.25) is 9.59 Å². The Balaban J connectivity index is 2.23. The van der Waals surface area contributed by atoms with Gasteiger partial charge >= 0.3 is 5.97 Å². The number of carbonyl (C=O) groups excluding carboxylic acids is 2. The summed E-state index contributed by atoms with van der Waals surface area (Å²) in [5, 5.41) is 12.3. The molecular formula is C11H20N2O4. The highest BCUT2D eigenvalue weighted by Gasteiger charge is 2.27. The van der Waals surface area contributed by atoms with Gasteiger partial charge in [0.2, 0.25) is 5.91 Å². The largest absolute Gasteiger partial charge is 0.469 e. The van der Waals surface area contributed by atoms with Crippen LogP contribution in [-0.2, 0) is 14.3 Å². The topological polar surface area (TPSA) is 102 Å². The van der Waals surface area contributed by atoms with Crippen molar-refractivity contribution in [2.24, 2.45) is 11.7 Å². The van der Waals surface area contributed by atoms with Gasteiger partial charge in [0.05, 0.1) is 13.0 Å². The zero-order valence-corrected chi connectivity index (χ0v) is 10.0. The SMILES string of the molecule is COC(=O)C1CCC(NCC(O)C(N)=O)CC1. The van der Waals surface area contributed by atoms with Gasteiger partial charge in [-0.2, -0.15) is 0 Å². The summed E-state index contributed by atoms with van der Waals surface area (Å²) in [5.41, 5.74) is 4.94. The Morgan fingerprint density at radius 2 is 2.00 bits per heavy atom. The maximum atomic E-state index is 11.3. The first-order valence-corrected chi connectivity index (χ1v) is 5.83. The van der Waals surface area contributed by atoms with E-state index in [1.165, 1.54) is 7.11 Å². The van der Waals surface area contributed by atoms with Gasteiger partial charge in [0, 0.05) is 12.6 Å². The number of carbonyl (C=O) groups is 2. The molecule has 0 spiro atoms. The molecule has 1 amide bonds. The van der Waals surface area contributed by atoms with Crippen molar-refractivity contribution in [1.29, 1.82) is 0 Å². The van der Waals surface area contributed by atoms with Crippen LogP contribution in [0, 0.1) is 5.92 Å². The van der Waals surface area contributed by atoms with Gasteiger partial charge in [-0.15, -0.1) is 0 Å². The smallest absolute Gasteiger partial charge is 0.308 e. The fourth-order valence-corrected chi connectivity index (χ4v) is 2.08. The Labute approximate surface area is 101 Å². The number of nitrogens with two attached hydrogens (primary N) is 1. The van der Waals surface area contributed by atoms with E-state index in [4.69, 9.17) is 10.5 Å². The lowest BCUT2D eigenvalue weighted by atomic mass is 9.86. The first kappa shape index (κ1) is 13.9. The number of ether oxygens (including phenoxy) is 1. The highest BCUT2D eigenvalue weighted by molar-refractivity contribution is 5.78. The molecule has 4 N–H and O–H groups in total. The number of nitrogens with one attached hydrogen (secondary N) is 1. The van der Waals surface area contributed by atoms with Crippen LogP contribution in [0.2, 0.25) is 0 Å². The number of methoxy groups -OCH3 is 1. The molecule has 0 heterocycles. The van der Waals surface area contributed by atoms with Gasteiger partial charge < -0.3 is 20.9 Å². The minimum absolute atomic E-state index is 0.0147. The number of hydrogen-bond acceptors (Lipinski definition) is 5. The summed E-state index contributed by atoms with van der Waals surface area (Å²) in [7, 11) is 1.40. The van der Waals surface area contributed by atoms with Crippen molar-refractivity contribution in [3.63, 3.8) is 0 Å². The van der Waals surface area contributed by atoms with E-state index >= 15 is 0 Å². The molecule has 1 atom stereocenters. The fourth-order valence-electron chi connectivity index (χ4n) is 2.08. The first-order valence-electron chi connectivity index (χ1n) is 5.83. The van der Waals surface area contributed by atoms with E-state index in [1.807, 2.05) is 0 Å². The summed E-state index contributed by atoms with van der Waals surface area (Å²) >= 11 is 0. The number of aliphatic hydroxyl groups excluding tert-OH is 1. The van der Waals surface area contributed by atoms with Crippen LogP contribution in [-0.4, -0.2) is 42.8 Å². The molecule has 1 aliphatic rings. The number of aliphatic hydroxyl groups is 1. The second-order valence-electron chi connectivity index (χ2n) is 4.40. The van der Waals surface area contributed by atoms with Crippen molar-refractivity contribution < 1.29 is 19.4 Å². The van der Waals surface area contributed by atoms with Crippen LogP contribution in [0.5, 0.6) is 0 Å². The Hall–Kier alpha value is -1.14. The lowest BCUT2D eigenvalue weighted by Gasteiger charge is -2.28. The number of primary amides is 1. The molecule has 0 radical (unpaired) electrons. The normalized spacial score (nSPS) is 26.2. The molecular weight excluding hydrogens is 224 g/mol. The maximum absolute atomic E-state index is 11.3. The minimum Gasteiger partial charge on any atom is -0.469 e. The molecule has 0 aromatic carbocycles. The third-order valence-electron chi connectivity index (χ3n) is 3.19. The van der Waals surface area contributed by atoms with Crippen LogP contribution in [0.25, 0.3) is 0 Å². The fraction of sp³-hybridized carbons (Fsp3) is 0.818. The third kappa shape index (κ3) is 4.32. The van der Waals surface area contributed by atoms with Gasteiger partial charge in [0.1, 0.15) is 6.10 Å². The summed E-state index contributed by atoms with van der Waals surface area (Å²) in [6, 6.07) is 0.227. The summed E-state index contributed by atoms with van der Waals surface area (Å²) in [5.74, 6) is -0.888. The van der Waals surface area contributed by atoms with E-state index in [0.29, 0.717) is 0 Å². The number of amides is 1. The number of esters is 1. The van der Waals surface area contributed by atoms with Crippen LogP contribution in [0.4, 0.5) is 0 Å². The zero-order chi connectivity index (χ0) is 12.8. The second kappa shape index (κ2) is 6.56. The Kier molecular flexibility index (Phi) is 5.37. The molecule has 1 fully saturated rings. The number of rotatable bonds is 5. The van der Waals surface area contributed by atoms with Crippen molar-refractivity contribution in [2.75, 3.05) is 13.7 Å². The molecule has 0 aromatic heterocycles. The van der Waals surface area contributed by atoms with Crippen LogP contribution in [0.1, 0.15) is 25.7 Å². The first-order chi connectivity index (χ1) is 8.04. The summed E-state index contributed by atoms with van der Waals surface area (Å²) < 4.78 is 4.69. The lowest BCUT2D eigenvalue weighted by molar-refractivity contribution is -0.146. The van der Waals surface area contributed by atoms with Crippen LogP contribution in [0.3, 0.4) is 0 Å². The van der Waals surface area contributed by atoms with Gasteiger partial charge in [-0.1, -0.05) is 0 Å². The van der Waals surface area contributed by atoms with Crippen molar-refractivity contribution in [3.8, 4) is 0 Å². The van der Waals surface area contributed by atoms with Crippen LogP contribution in [0.15, 0.2) is 0 Å². The molecule has 0 aliphatic heterocycles. The standard InChI is InChI=1S/C11H20N2O4/c1-17-11(16)7-2-4-8(5-3-7)13-6-9(14)10(12)15/h7-9,13-14H,2-6H2,1H3,(H2,12,15). The van der Waals surface area contributed by atoms with E-state index in [1.54, 1.807) is 0 Å². The van der Waals surface area contributed by atoms with Gasteiger partial charge in [0.15, 0.2) is 0 Å². The van der Waals surface area contributed by atoms with Gasteiger partial charge in [-0.25, -0.2) is 0 Å². The van der Waals surface area contributed by atoms with Gasteiger partial charge in [-0.05, 0) is 25.7 Å². The number of hydrogen-bond donors (Lipinski definition) is 3. The van der Waals surface area contributed by atoms with Crippen molar-refractivity contribution in [1.82, 2.24) is 5.32 Å². The minimum atomic E-state index is -1.15. The molecule has 1 saturated carbocycles.